The van der Waals surface area contributed by atoms with Gasteiger partial charge in [0.05, 0.1) is 18.5 Å². The topological polar surface area (TPSA) is 85.4 Å². The van der Waals surface area contributed by atoms with Crippen LogP contribution in [0, 0.1) is 5.92 Å². The molecule has 104 valence electrons. The Morgan fingerprint density at radius 3 is 2.50 bits per heavy atom. The molecule has 18 heavy (non-hydrogen) atoms. The molecule has 1 aliphatic carbocycles. The van der Waals surface area contributed by atoms with Crippen LogP contribution >= 0.6 is 0 Å². The molecule has 1 aliphatic rings. The first-order valence-corrected chi connectivity index (χ1v) is 6.04. The van der Waals surface area contributed by atoms with Gasteiger partial charge in [-0.2, -0.15) is 0 Å². The molecule has 0 aromatic rings. The average Bonchev–Trinajstić information content (AvgIpc) is 2.72. The molecule has 1 rings (SSSR count). The summed E-state index contributed by atoms with van der Waals surface area (Å²) in [5.74, 6) is -1.16. The van der Waals surface area contributed by atoms with E-state index in [9.17, 15) is 10.0 Å². The third-order valence-electron chi connectivity index (χ3n) is 3.24. The highest BCUT2D eigenvalue weighted by molar-refractivity contribution is 5.70. The Morgan fingerprint density at radius 1 is 1.44 bits per heavy atom. The number of hydrogen-bond donors (Lipinski definition) is 2. The molecule has 2 N–H and O–H groups in total. The third kappa shape index (κ3) is 3.75. The van der Waals surface area contributed by atoms with Crippen LogP contribution in [-0.2, 0) is 9.63 Å². The van der Waals surface area contributed by atoms with Crippen LogP contribution in [0.5, 0.6) is 0 Å². The SMILES string of the molecule is CN(/[N+](O)=N/O[C@H]1CC[C@@H](C(=O)O)C1)C(C)(C)C. The van der Waals surface area contributed by atoms with E-state index in [0.29, 0.717) is 24.2 Å². The lowest BCUT2D eigenvalue weighted by Crippen LogP contribution is -2.43. The average molecular weight is 260 g/mol. The molecule has 7 heteroatoms. The zero-order valence-electron chi connectivity index (χ0n) is 11.3. The third-order valence-corrected chi connectivity index (χ3v) is 3.24. The van der Waals surface area contributed by atoms with Crippen LogP contribution in [-0.4, -0.2) is 45.0 Å². The molecular weight excluding hydrogens is 238 g/mol. The summed E-state index contributed by atoms with van der Waals surface area (Å²) < 4.78 is 0. The maximum atomic E-state index is 10.8. The molecule has 0 amide bonds. The van der Waals surface area contributed by atoms with Crippen LogP contribution in [0.4, 0.5) is 0 Å². The van der Waals surface area contributed by atoms with Crippen LogP contribution < -0.4 is 0 Å². The predicted molar refractivity (Wildman–Crippen MR) is 61.8 cm³/mol. The molecule has 2 atom stereocenters. The van der Waals surface area contributed by atoms with Crippen LogP contribution in [0.2, 0.25) is 0 Å². The maximum absolute atomic E-state index is 10.8. The van der Waals surface area contributed by atoms with Gasteiger partial charge < -0.3 is 9.94 Å². The fourth-order valence-corrected chi connectivity index (χ4v) is 1.69. The quantitative estimate of drug-likeness (QED) is 0.456. The number of hydrogen-bond acceptors (Lipinski definition) is 3. The van der Waals surface area contributed by atoms with E-state index in [-0.39, 0.29) is 17.6 Å². The van der Waals surface area contributed by atoms with Crippen LogP contribution in [0.25, 0.3) is 0 Å². The van der Waals surface area contributed by atoms with Crippen molar-refractivity contribution in [3.8, 4) is 0 Å². The summed E-state index contributed by atoms with van der Waals surface area (Å²) in [4.78, 5) is 16.6. The molecule has 0 saturated heterocycles. The number of hydrazine groups is 1. The standard InChI is InChI=1S/C11H21N3O4/c1-11(2,3)13(4)14(17)12-18-9-6-5-8(7-9)10(15)16/h8-9H,5-7H2,1-4H3,(H-,12,15,16,17)/p+1/t8-,9+/m1/s1. The van der Waals surface area contributed by atoms with E-state index in [2.05, 4.69) is 5.28 Å². The van der Waals surface area contributed by atoms with Gasteiger partial charge in [0.1, 0.15) is 6.10 Å². The van der Waals surface area contributed by atoms with E-state index < -0.39 is 5.97 Å². The Morgan fingerprint density at radius 2 is 2.06 bits per heavy atom. The van der Waals surface area contributed by atoms with Crippen molar-refractivity contribution < 1.29 is 24.9 Å². The summed E-state index contributed by atoms with van der Waals surface area (Å²) in [5.41, 5.74) is -0.291. The van der Waals surface area contributed by atoms with E-state index in [1.807, 2.05) is 20.8 Å². The lowest BCUT2D eigenvalue weighted by atomic mass is 10.1. The Bertz CT molecular complexity index is 338. The largest absolute Gasteiger partial charge is 0.481 e. The van der Waals surface area contributed by atoms with Crippen molar-refractivity contribution in [2.75, 3.05) is 7.05 Å². The first-order chi connectivity index (χ1) is 8.21. The van der Waals surface area contributed by atoms with Crippen molar-refractivity contribution in [2.24, 2.45) is 11.2 Å². The van der Waals surface area contributed by atoms with E-state index in [0.717, 1.165) is 0 Å². The number of nitrogens with zero attached hydrogens (tertiary/aromatic N) is 3. The normalized spacial score (nSPS) is 25.0. The van der Waals surface area contributed by atoms with Gasteiger partial charge in [0.15, 0.2) is 0 Å². The molecule has 0 unspecified atom stereocenters. The van der Waals surface area contributed by atoms with Gasteiger partial charge >= 0.3 is 5.97 Å². The lowest BCUT2D eigenvalue weighted by molar-refractivity contribution is -0.946. The van der Waals surface area contributed by atoms with Gasteiger partial charge in [-0.25, -0.2) is 5.21 Å². The monoisotopic (exact) mass is 260 g/mol. The smallest absolute Gasteiger partial charge is 0.306 e. The second-order valence-corrected chi connectivity index (χ2v) is 5.62. The molecule has 1 saturated carbocycles. The number of carboxylic acids is 1. The molecule has 0 radical (unpaired) electrons. The Labute approximate surface area is 107 Å². The van der Waals surface area contributed by atoms with E-state index >= 15 is 0 Å². The van der Waals surface area contributed by atoms with Gasteiger partial charge in [0, 0.05) is 6.42 Å². The molecular formula is C11H22N3O4+. The molecule has 7 nitrogen and oxygen atoms in total. The van der Waals surface area contributed by atoms with Crippen molar-refractivity contribution in [1.82, 2.24) is 5.01 Å². The van der Waals surface area contributed by atoms with Crippen molar-refractivity contribution >= 4 is 5.97 Å². The lowest BCUT2D eigenvalue weighted by Gasteiger charge is -2.22. The predicted octanol–water partition coefficient (Wildman–Crippen LogP) is 1.67. The van der Waals surface area contributed by atoms with Gasteiger partial charge in [-0.15, -0.1) is 5.01 Å². The zero-order valence-corrected chi connectivity index (χ0v) is 11.3. The summed E-state index contributed by atoms with van der Waals surface area (Å²) in [5, 5.41) is 23.6. The molecule has 0 aromatic heterocycles. The molecule has 0 aromatic carbocycles. The highest BCUT2D eigenvalue weighted by atomic mass is 16.7. The highest BCUT2D eigenvalue weighted by Gasteiger charge is 2.33. The fourth-order valence-electron chi connectivity index (χ4n) is 1.69. The molecule has 0 bridgehead atoms. The first-order valence-electron chi connectivity index (χ1n) is 6.04. The number of rotatable bonds is 4. The Kier molecular flexibility index (Phi) is 4.37. The summed E-state index contributed by atoms with van der Waals surface area (Å²) in [6.45, 7) is 5.76. The van der Waals surface area contributed by atoms with E-state index in [1.165, 1.54) is 5.01 Å². The second kappa shape index (κ2) is 5.41. The molecule has 0 aliphatic heterocycles. The fraction of sp³-hybridized carbons (Fsp3) is 0.909. The summed E-state index contributed by atoms with van der Waals surface area (Å²) in [6.07, 6.45) is 1.43. The number of aliphatic carboxylic acids is 1. The number of carboxylic acid groups (broad SMARTS) is 1. The molecule has 1 fully saturated rings. The number of carbonyl (C=O) groups is 1. The van der Waals surface area contributed by atoms with E-state index in [1.54, 1.807) is 7.05 Å². The van der Waals surface area contributed by atoms with Crippen LogP contribution in [0.1, 0.15) is 40.0 Å². The highest BCUT2D eigenvalue weighted by Crippen LogP contribution is 2.28. The van der Waals surface area contributed by atoms with Gasteiger partial charge in [-0.1, -0.05) is 0 Å². The Balaban J connectivity index is 2.48. The molecule has 0 spiro atoms. The van der Waals surface area contributed by atoms with Crippen molar-refractivity contribution in [3.05, 3.63) is 0 Å². The van der Waals surface area contributed by atoms with Gasteiger partial charge in [0.2, 0.25) is 0 Å². The van der Waals surface area contributed by atoms with Crippen LogP contribution in [0.3, 0.4) is 0 Å². The molecule has 0 heterocycles. The minimum Gasteiger partial charge on any atom is -0.481 e. The van der Waals surface area contributed by atoms with Crippen LogP contribution in [0.15, 0.2) is 5.28 Å². The summed E-state index contributed by atoms with van der Waals surface area (Å²) >= 11 is 0. The summed E-state index contributed by atoms with van der Waals surface area (Å²) in [7, 11) is 1.68. The van der Waals surface area contributed by atoms with Gasteiger partial charge in [0.25, 0.3) is 10.2 Å². The van der Waals surface area contributed by atoms with Crippen molar-refractivity contribution in [3.63, 3.8) is 0 Å². The second-order valence-electron chi connectivity index (χ2n) is 5.62. The first kappa shape index (κ1) is 14.5. The minimum absolute atomic E-state index is 0.242. The summed E-state index contributed by atoms with van der Waals surface area (Å²) in [6, 6.07) is 0. The van der Waals surface area contributed by atoms with Gasteiger partial charge in [-0.05, 0) is 33.6 Å². The van der Waals surface area contributed by atoms with E-state index in [4.69, 9.17) is 9.94 Å². The Hall–Kier alpha value is -1.53. The van der Waals surface area contributed by atoms with Gasteiger partial charge in [-0.3, -0.25) is 4.79 Å². The zero-order chi connectivity index (χ0) is 13.9. The maximum Gasteiger partial charge on any atom is 0.306 e. The minimum atomic E-state index is -0.797. The van der Waals surface area contributed by atoms with Crippen molar-refractivity contribution in [1.29, 1.82) is 0 Å². The van der Waals surface area contributed by atoms with Crippen molar-refractivity contribution in [2.45, 2.75) is 51.7 Å².